The van der Waals surface area contributed by atoms with Crippen LogP contribution in [-0.4, -0.2) is 14.5 Å². The van der Waals surface area contributed by atoms with E-state index in [0.29, 0.717) is 0 Å². The molecule has 0 bridgehead atoms. The van der Waals surface area contributed by atoms with Gasteiger partial charge in [0.15, 0.2) is 0 Å². The Labute approximate surface area is 108 Å². The first-order valence-electron chi connectivity index (χ1n) is 6.42. The van der Waals surface area contributed by atoms with Crippen LogP contribution in [0.5, 0.6) is 0 Å². The van der Waals surface area contributed by atoms with Crippen molar-refractivity contribution in [3.8, 4) is 0 Å². The Kier molecular flexibility index (Phi) is 3.97. The maximum atomic E-state index is 4.52. The van der Waals surface area contributed by atoms with Crippen LogP contribution in [0.15, 0.2) is 24.7 Å². The van der Waals surface area contributed by atoms with E-state index in [1.54, 1.807) is 6.20 Å². The molecule has 0 radical (unpaired) electrons. The SMILES string of the molecule is CCCCn1cc(C)nc1Nc1cnccc1C. The molecular formula is C14H20N4. The lowest BCUT2D eigenvalue weighted by molar-refractivity contribution is 0.637. The maximum Gasteiger partial charge on any atom is 0.207 e. The summed E-state index contributed by atoms with van der Waals surface area (Å²) in [7, 11) is 0. The summed E-state index contributed by atoms with van der Waals surface area (Å²) in [5.41, 5.74) is 3.23. The molecule has 2 aromatic heterocycles. The minimum atomic E-state index is 0.900. The number of anilines is 2. The highest BCUT2D eigenvalue weighted by Crippen LogP contribution is 2.19. The van der Waals surface area contributed by atoms with E-state index >= 15 is 0 Å². The molecule has 0 aliphatic carbocycles. The molecule has 0 aliphatic heterocycles. The van der Waals surface area contributed by atoms with Crippen molar-refractivity contribution < 1.29 is 0 Å². The van der Waals surface area contributed by atoms with Crippen LogP contribution in [0.4, 0.5) is 11.6 Å². The van der Waals surface area contributed by atoms with Gasteiger partial charge in [-0.15, -0.1) is 0 Å². The first kappa shape index (κ1) is 12.6. The topological polar surface area (TPSA) is 42.7 Å². The summed E-state index contributed by atoms with van der Waals surface area (Å²) in [4.78, 5) is 8.66. The smallest absolute Gasteiger partial charge is 0.207 e. The van der Waals surface area contributed by atoms with Crippen molar-refractivity contribution in [3.05, 3.63) is 35.9 Å². The largest absolute Gasteiger partial charge is 0.324 e. The number of pyridine rings is 1. The third-order valence-electron chi connectivity index (χ3n) is 2.94. The number of aryl methyl sites for hydroxylation is 3. The number of hydrogen-bond acceptors (Lipinski definition) is 3. The van der Waals surface area contributed by atoms with Crippen molar-refractivity contribution in [1.82, 2.24) is 14.5 Å². The van der Waals surface area contributed by atoms with Gasteiger partial charge in [-0.3, -0.25) is 4.98 Å². The van der Waals surface area contributed by atoms with Gasteiger partial charge in [-0.05, 0) is 31.9 Å². The highest BCUT2D eigenvalue weighted by atomic mass is 15.2. The van der Waals surface area contributed by atoms with Gasteiger partial charge in [0.1, 0.15) is 0 Å². The van der Waals surface area contributed by atoms with Crippen LogP contribution in [0.2, 0.25) is 0 Å². The molecule has 1 N–H and O–H groups in total. The standard InChI is InChI=1S/C14H20N4/c1-4-5-8-18-10-12(3)16-14(18)17-13-9-15-7-6-11(13)2/h6-7,9-10H,4-5,8H2,1-3H3,(H,16,17). The van der Waals surface area contributed by atoms with Gasteiger partial charge < -0.3 is 9.88 Å². The lowest BCUT2D eigenvalue weighted by Crippen LogP contribution is -2.04. The highest BCUT2D eigenvalue weighted by Gasteiger charge is 2.06. The summed E-state index contributed by atoms with van der Waals surface area (Å²) in [5, 5.41) is 3.36. The van der Waals surface area contributed by atoms with Crippen molar-refractivity contribution in [1.29, 1.82) is 0 Å². The number of nitrogens with zero attached hydrogens (tertiary/aromatic N) is 3. The van der Waals surface area contributed by atoms with Gasteiger partial charge in [0.2, 0.25) is 5.95 Å². The van der Waals surface area contributed by atoms with E-state index in [0.717, 1.165) is 30.3 Å². The average Bonchev–Trinajstić information content (AvgIpc) is 2.70. The van der Waals surface area contributed by atoms with Gasteiger partial charge >= 0.3 is 0 Å². The molecule has 0 spiro atoms. The van der Waals surface area contributed by atoms with E-state index in [2.05, 4.69) is 39.9 Å². The summed E-state index contributed by atoms with van der Waals surface area (Å²) in [6, 6.07) is 1.99. The van der Waals surface area contributed by atoms with Crippen molar-refractivity contribution in [3.63, 3.8) is 0 Å². The first-order chi connectivity index (χ1) is 8.70. The fraction of sp³-hybridized carbons (Fsp3) is 0.429. The van der Waals surface area contributed by atoms with Crippen LogP contribution in [0, 0.1) is 13.8 Å². The molecule has 2 rings (SSSR count). The molecule has 0 fully saturated rings. The monoisotopic (exact) mass is 244 g/mol. The fourth-order valence-electron chi connectivity index (χ4n) is 1.86. The molecule has 4 heteroatoms. The predicted octanol–water partition coefficient (Wildman–Crippen LogP) is 3.44. The first-order valence-corrected chi connectivity index (χ1v) is 6.42. The highest BCUT2D eigenvalue weighted by molar-refractivity contribution is 5.56. The molecular weight excluding hydrogens is 224 g/mol. The maximum absolute atomic E-state index is 4.52. The Hall–Kier alpha value is -1.84. The van der Waals surface area contributed by atoms with E-state index in [9.17, 15) is 0 Å². The van der Waals surface area contributed by atoms with E-state index < -0.39 is 0 Å². The lowest BCUT2D eigenvalue weighted by atomic mass is 10.2. The average molecular weight is 244 g/mol. The Morgan fingerprint density at radius 3 is 2.89 bits per heavy atom. The van der Waals surface area contributed by atoms with E-state index in [4.69, 9.17) is 0 Å². The number of rotatable bonds is 5. The second kappa shape index (κ2) is 5.67. The molecule has 4 nitrogen and oxygen atoms in total. The predicted molar refractivity (Wildman–Crippen MR) is 74.1 cm³/mol. The van der Waals surface area contributed by atoms with Crippen molar-refractivity contribution in [2.75, 3.05) is 5.32 Å². The van der Waals surface area contributed by atoms with Gasteiger partial charge in [0.25, 0.3) is 0 Å². The molecule has 0 aromatic carbocycles. The summed E-state index contributed by atoms with van der Waals surface area (Å²) >= 11 is 0. The van der Waals surface area contributed by atoms with Gasteiger partial charge in [-0.2, -0.15) is 0 Å². The van der Waals surface area contributed by atoms with Gasteiger partial charge in [0.05, 0.1) is 17.6 Å². The number of aromatic nitrogens is 3. The second-order valence-corrected chi connectivity index (χ2v) is 4.57. The molecule has 0 aliphatic rings. The lowest BCUT2D eigenvalue weighted by Gasteiger charge is -2.10. The Morgan fingerprint density at radius 2 is 2.17 bits per heavy atom. The molecule has 2 heterocycles. The molecule has 18 heavy (non-hydrogen) atoms. The van der Waals surface area contributed by atoms with Crippen LogP contribution >= 0.6 is 0 Å². The molecule has 0 unspecified atom stereocenters. The molecule has 0 saturated heterocycles. The minimum Gasteiger partial charge on any atom is -0.324 e. The van der Waals surface area contributed by atoms with Crippen LogP contribution < -0.4 is 5.32 Å². The van der Waals surface area contributed by atoms with Crippen molar-refractivity contribution >= 4 is 11.6 Å². The van der Waals surface area contributed by atoms with Crippen LogP contribution in [0.3, 0.4) is 0 Å². The molecule has 0 amide bonds. The van der Waals surface area contributed by atoms with Gasteiger partial charge in [-0.1, -0.05) is 13.3 Å². The van der Waals surface area contributed by atoms with Crippen molar-refractivity contribution in [2.45, 2.75) is 40.2 Å². The quantitative estimate of drug-likeness (QED) is 0.876. The molecule has 0 saturated carbocycles. The third-order valence-corrected chi connectivity index (χ3v) is 2.94. The third kappa shape index (κ3) is 2.88. The van der Waals surface area contributed by atoms with Gasteiger partial charge in [0, 0.05) is 18.9 Å². The molecule has 96 valence electrons. The summed E-state index contributed by atoms with van der Waals surface area (Å²) in [6.07, 6.45) is 8.07. The van der Waals surface area contributed by atoms with E-state index in [-0.39, 0.29) is 0 Å². The number of imidazole rings is 1. The fourth-order valence-corrected chi connectivity index (χ4v) is 1.86. The zero-order chi connectivity index (χ0) is 13.0. The summed E-state index contributed by atoms with van der Waals surface area (Å²) in [5.74, 6) is 0.900. The normalized spacial score (nSPS) is 10.6. The molecule has 2 aromatic rings. The second-order valence-electron chi connectivity index (χ2n) is 4.57. The number of nitrogens with one attached hydrogen (secondary N) is 1. The zero-order valence-electron chi connectivity index (χ0n) is 11.3. The van der Waals surface area contributed by atoms with Crippen LogP contribution in [-0.2, 0) is 6.54 Å². The number of hydrogen-bond donors (Lipinski definition) is 1. The molecule has 0 atom stereocenters. The Morgan fingerprint density at radius 1 is 1.33 bits per heavy atom. The Bertz CT molecular complexity index is 516. The van der Waals surface area contributed by atoms with Crippen LogP contribution in [0.25, 0.3) is 0 Å². The zero-order valence-corrected chi connectivity index (χ0v) is 11.3. The van der Waals surface area contributed by atoms with Gasteiger partial charge in [-0.25, -0.2) is 4.98 Å². The minimum absolute atomic E-state index is 0.900. The summed E-state index contributed by atoms with van der Waals surface area (Å²) in [6.45, 7) is 7.28. The summed E-state index contributed by atoms with van der Waals surface area (Å²) < 4.78 is 2.17. The number of unbranched alkanes of at least 4 members (excludes halogenated alkanes) is 1. The van der Waals surface area contributed by atoms with Crippen LogP contribution in [0.1, 0.15) is 31.0 Å². The Balaban J connectivity index is 2.20. The van der Waals surface area contributed by atoms with E-state index in [1.165, 1.54) is 12.0 Å². The van der Waals surface area contributed by atoms with Crippen molar-refractivity contribution in [2.24, 2.45) is 0 Å². The van der Waals surface area contributed by atoms with E-state index in [1.807, 2.05) is 19.2 Å².